The maximum absolute atomic E-state index is 13.5. The Hall–Kier alpha value is -2.71. The minimum atomic E-state index is -0.501. The Morgan fingerprint density at radius 2 is 1.55 bits per heavy atom. The first kappa shape index (κ1) is 22.1. The van der Waals surface area contributed by atoms with Crippen LogP contribution in [0.5, 0.6) is 0 Å². The van der Waals surface area contributed by atoms with E-state index in [-0.39, 0.29) is 11.4 Å². The first-order chi connectivity index (χ1) is 15.9. The molecule has 2 aliphatic rings. The molecule has 0 unspecified atom stereocenters. The number of rotatable bonds is 3. The molecule has 0 spiro atoms. The highest BCUT2D eigenvalue weighted by Crippen LogP contribution is 2.49. The van der Waals surface area contributed by atoms with E-state index in [1.165, 1.54) is 16.7 Å². The van der Waals surface area contributed by atoms with Gasteiger partial charge in [0.05, 0.1) is 16.3 Å². The van der Waals surface area contributed by atoms with Gasteiger partial charge in [0.1, 0.15) is 6.54 Å². The van der Waals surface area contributed by atoms with Crippen LogP contribution in [-0.2, 0) is 9.59 Å². The number of hydrogen-bond acceptors (Lipinski definition) is 5. The van der Waals surface area contributed by atoms with Crippen molar-refractivity contribution in [1.82, 2.24) is 4.90 Å². The molecular formula is C24H14Cl2N2O3S2. The number of amides is 3. The van der Waals surface area contributed by atoms with Gasteiger partial charge in [-0.2, -0.15) is 0 Å². The highest BCUT2D eigenvalue weighted by Gasteiger charge is 2.38. The summed E-state index contributed by atoms with van der Waals surface area (Å²) in [5.74, 6) is -0.902. The molecule has 33 heavy (non-hydrogen) atoms. The molecular weight excluding hydrogens is 499 g/mol. The van der Waals surface area contributed by atoms with Crippen LogP contribution in [0.3, 0.4) is 0 Å². The van der Waals surface area contributed by atoms with Crippen molar-refractivity contribution in [2.24, 2.45) is 0 Å². The Bertz CT molecular complexity index is 1340. The first-order valence-corrected chi connectivity index (χ1v) is 12.2. The van der Waals surface area contributed by atoms with Crippen LogP contribution >= 0.6 is 46.7 Å². The second-order valence-corrected chi connectivity index (χ2v) is 10.2. The van der Waals surface area contributed by atoms with Gasteiger partial charge >= 0.3 is 0 Å². The molecule has 0 saturated carbocycles. The van der Waals surface area contributed by atoms with Crippen molar-refractivity contribution < 1.29 is 14.4 Å². The minimum absolute atomic E-state index is 0.258. The average Bonchev–Trinajstić information content (AvgIpc) is 3.06. The number of nitrogens with zero attached hydrogens (tertiary/aromatic N) is 2. The lowest BCUT2D eigenvalue weighted by Crippen LogP contribution is -2.41. The molecule has 3 aromatic rings. The average molecular weight is 513 g/mol. The molecule has 2 aliphatic heterocycles. The second-order valence-electron chi connectivity index (χ2n) is 7.23. The van der Waals surface area contributed by atoms with Crippen LogP contribution in [0.2, 0.25) is 10.0 Å². The Morgan fingerprint density at radius 3 is 2.33 bits per heavy atom. The maximum Gasteiger partial charge on any atom is 0.294 e. The summed E-state index contributed by atoms with van der Waals surface area (Å²) >= 11 is 14.5. The molecule has 0 aliphatic carbocycles. The van der Waals surface area contributed by atoms with E-state index in [9.17, 15) is 14.4 Å². The van der Waals surface area contributed by atoms with E-state index in [0.717, 1.165) is 32.0 Å². The van der Waals surface area contributed by atoms with Gasteiger partial charge in [0, 0.05) is 19.8 Å². The largest absolute Gasteiger partial charge is 0.294 e. The third-order valence-electron chi connectivity index (χ3n) is 5.07. The number of fused-ring (bicyclic) bond motifs is 2. The van der Waals surface area contributed by atoms with Gasteiger partial charge in [0.2, 0.25) is 0 Å². The molecule has 1 saturated heterocycles. The van der Waals surface area contributed by atoms with Gasteiger partial charge in [-0.3, -0.25) is 24.2 Å². The summed E-state index contributed by atoms with van der Waals surface area (Å²) in [4.78, 5) is 43.6. The topological polar surface area (TPSA) is 57.7 Å². The number of benzene rings is 3. The van der Waals surface area contributed by atoms with E-state index in [1.807, 2.05) is 30.3 Å². The lowest BCUT2D eigenvalue weighted by molar-refractivity contribution is -0.127. The van der Waals surface area contributed by atoms with Crippen LogP contribution in [0.25, 0.3) is 6.08 Å². The van der Waals surface area contributed by atoms with Gasteiger partial charge in [0.15, 0.2) is 0 Å². The fourth-order valence-corrected chi connectivity index (χ4v) is 5.72. The summed E-state index contributed by atoms with van der Waals surface area (Å²) in [5, 5.41) is 0.578. The lowest BCUT2D eigenvalue weighted by Gasteiger charge is -2.32. The third kappa shape index (κ3) is 4.29. The van der Waals surface area contributed by atoms with E-state index in [2.05, 4.69) is 0 Å². The molecule has 0 radical (unpaired) electrons. The van der Waals surface area contributed by atoms with Crippen molar-refractivity contribution in [2.45, 2.75) is 9.79 Å². The van der Waals surface area contributed by atoms with E-state index < -0.39 is 17.1 Å². The van der Waals surface area contributed by atoms with E-state index in [0.29, 0.717) is 21.4 Å². The van der Waals surface area contributed by atoms with Crippen molar-refractivity contribution >= 4 is 81.2 Å². The highest BCUT2D eigenvalue weighted by molar-refractivity contribution is 8.18. The molecule has 0 aromatic heterocycles. The van der Waals surface area contributed by atoms with Crippen LogP contribution in [0.15, 0.2) is 81.4 Å². The molecule has 5 rings (SSSR count). The van der Waals surface area contributed by atoms with Crippen molar-refractivity contribution in [3.63, 3.8) is 0 Å². The van der Waals surface area contributed by atoms with Crippen molar-refractivity contribution in [2.75, 3.05) is 11.4 Å². The van der Waals surface area contributed by atoms with Crippen LogP contribution in [-0.4, -0.2) is 28.5 Å². The van der Waals surface area contributed by atoms with Gasteiger partial charge in [-0.1, -0.05) is 59.2 Å². The van der Waals surface area contributed by atoms with Crippen molar-refractivity contribution in [1.29, 1.82) is 0 Å². The zero-order valence-corrected chi connectivity index (χ0v) is 20.0. The maximum atomic E-state index is 13.5. The van der Waals surface area contributed by atoms with E-state index in [4.69, 9.17) is 23.2 Å². The molecule has 0 bridgehead atoms. The number of carbonyl (C=O) groups excluding carboxylic acids is 3. The molecule has 5 nitrogen and oxygen atoms in total. The lowest BCUT2D eigenvalue weighted by atomic mass is 10.2. The summed E-state index contributed by atoms with van der Waals surface area (Å²) in [7, 11) is 0. The predicted octanol–water partition coefficient (Wildman–Crippen LogP) is 6.86. The highest BCUT2D eigenvalue weighted by atomic mass is 35.5. The zero-order chi connectivity index (χ0) is 23.1. The standard InChI is InChI=1S/C24H14Cl2N2O3S2/c25-15-7-5-14(6-8-15)11-21-23(30)27(24(31)33-21)13-22(29)28-17-3-1-2-4-19(17)32-20-10-9-16(26)12-18(20)28/h1-12H,13H2. The summed E-state index contributed by atoms with van der Waals surface area (Å²) in [6.45, 7) is -0.381. The Kier molecular flexibility index (Phi) is 5.97. The molecule has 164 valence electrons. The Labute approximate surface area is 208 Å². The van der Waals surface area contributed by atoms with E-state index >= 15 is 0 Å². The monoisotopic (exact) mass is 512 g/mol. The number of thioether (sulfide) groups is 1. The second kappa shape index (κ2) is 8.91. The number of hydrogen-bond donors (Lipinski definition) is 0. The minimum Gasteiger partial charge on any atom is -0.277 e. The number of para-hydroxylation sites is 1. The van der Waals surface area contributed by atoms with E-state index in [1.54, 1.807) is 42.5 Å². The first-order valence-electron chi connectivity index (χ1n) is 9.81. The van der Waals surface area contributed by atoms with Crippen LogP contribution in [0.4, 0.5) is 16.2 Å². The van der Waals surface area contributed by atoms with Gasteiger partial charge in [-0.25, -0.2) is 0 Å². The molecule has 3 aromatic carbocycles. The molecule has 1 fully saturated rings. The smallest absolute Gasteiger partial charge is 0.277 e. The molecule has 3 amide bonds. The number of anilines is 2. The van der Waals surface area contributed by atoms with Crippen molar-refractivity contribution in [3.8, 4) is 0 Å². The summed E-state index contributed by atoms with van der Waals surface area (Å²) in [6.07, 6.45) is 1.62. The van der Waals surface area contributed by atoms with Crippen LogP contribution in [0.1, 0.15) is 5.56 Å². The molecule has 0 atom stereocenters. The quantitative estimate of drug-likeness (QED) is 0.358. The SMILES string of the molecule is O=C1SC(=Cc2ccc(Cl)cc2)C(=O)N1CC(=O)N1c2ccccc2Sc2ccc(Cl)cc21. The predicted molar refractivity (Wildman–Crippen MR) is 133 cm³/mol. The third-order valence-corrected chi connectivity index (χ3v) is 7.60. The molecule has 9 heteroatoms. The zero-order valence-electron chi connectivity index (χ0n) is 16.8. The van der Waals surface area contributed by atoms with Gasteiger partial charge in [-0.05, 0) is 65.9 Å². The van der Waals surface area contributed by atoms with Gasteiger partial charge in [0.25, 0.3) is 17.1 Å². The summed E-state index contributed by atoms with van der Waals surface area (Å²) in [6, 6.07) is 19.7. The molecule has 2 heterocycles. The molecule has 0 N–H and O–H groups in total. The van der Waals surface area contributed by atoms with Crippen molar-refractivity contribution in [3.05, 3.63) is 87.2 Å². The number of carbonyl (C=O) groups is 3. The van der Waals surface area contributed by atoms with Crippen LogP contribution in [0, 0.1) is 0 Å². The number of halogens is 2. The summed E-state index contributed by atoms with van der Waals surface area (Å²) < 4.78 is 0. The number of imide groups is 1. The normalized spacial score (nSPS) is 16.2. The Balaban J connectivity index is 1.44. The summed E-state index contributed by atoms with van der Waals surface area (Å²) in [5.41, 5.74) is 2.05. The Morgan fingerprint density at radius 1 is 0.848 bits per heavy atom. The fraction of sp³-hybridized carbons (Fsp3) is 0.0417. The van der Waals surface area contributed by atoms with Crippen LogP contribution < -0.4 is 4.90 Å². The van der Waals surface area contributed by atoms with Gasteiger partial charge in [-0.15, -0.1) is 0 Å². The fourth-order valence-electron chi connectivity index (χ4n) is 3.55. The van der Waals surface area contributed by atoms with Gasteiger partial charge < -0.3 is 0 Å².